The van der Waals surface area contributed by atoms with E-state index >= 15 is 0 Å². The van der Waals surface area contributed by atoms with Gasteiger partial charge in [0.25, 0.3) is 11.8 Å². The molecule has 3 aromatic carbocycles. The quantitative estimate of drug-likeness (QED) is 0.462. The van der Waals surface area contributed by atoms with Crippen molar-refractivity contribution in [2.75, 3.05) is 5.32 Å². The van der Waals surface area contributed by atoms with Crippen LogP contribution in [0, 0.1) is 5.82 Å². The van der Waals surface area contributed by atoms with E-state index in [2.05, 4.69) is 15.6 Å². The molecule has 0 fully saturated rings. The molecule has 0 bridgehead atoms. The van der Waals surface area contributed by atoms with Crippen molar-refractivity contribution in [2.45, 2.75) is 13.1 Å². The van der Waals surface area contributed by atoms with Crippen molar-refractivity contribution in [1.82, 2.24) is 14.9 Å². The minimum atomic E-state index is -0.396. The average molecular weight is 428 g/mol. The first-order valence-corrected chi connectivity index (χ1v) is 10.1. The van der Waals surface area contributed by atoms with Crippen LogP contribution in [0.15, 0.2) is 91.5 Å². The van der Waals surface area contributed by atoms with Crippen LogP contribution in [0.5, 0.6) is 0 Å². The maximum Gasteiger partial charge on any atom is 0.255 e. The molecule has 6 nitrogen and oxygen atoms in total. The van der Waals surface area contributed by atoms with Gasteiger partial charge in [-0.1, -0.05) is 24.3 Å². The van der Waals surface area contributed by atoms with Crippen LogP contribution in [0.3, 0.4) is 0 Å². The van der Waals surface area contributed by atoms with Gasteiger partial charge in [0.1, 0.15) is 5.82 Å². The SMILES string of the molecule is O=C(NCc1cccc(NC(=O)c2ccc(F)cc2)c1)c1ccc(Cn2ccnc2)cc1. The van der Waals surface area contributed by atoms with Gasteiger partial charge in [-0.15, -0.1) is 0 Å². The van der Waals surface area contributed by atoms with Crippen LogP contribution >= 0.6 is 0 Å². The van der Waals surface area contributed by atoms with Crippen LogP contribution in [0.4, 0.5) is 10.1 Å². The summed E-state index contributed by atoms with van der Waals surface area (Å²) in [5.41, 5.74) is 3.44. The van der Waals surface area contributed by atoms with E-state index in [4.69, 9.17) is 0 Å². The number of carbonyl (C=O) groups is 2. The lowest BCUT2D eigenvalue weighted by atomic mass is 10.1. The molecule has 0 spiro atoms. The predicted molar refractivity (Wildman–Crippen MR) is 120 cm³/mol. The Morgan fingerprint density at radius 3 is 2.31 bits per heavy atom. The molecule has 4 aromatic rings. The maximum atomic E-state index is 13.0. The molecule has 0 aliphatic carbocycles. The second-order valence-electron chi connectivity index (χ2n) is 7.28. The molecule has 0 saturated heterocycles. The monoisotopic (exact) mass is 428 g/mol. The molecule has 0 radical (unpaired) electrons. The van der Waals surface area contributed by atoms with E-state index in [1.165, 1.54) is 24.3 Å². The van der Waals surface area contributed by atoms with Gasteiger partial charge in [-0.05, 0) is 59.7 Å². The van der Waals surface area contributed by atoms with Gasteiger partial charge in [-0.2, -0.15) is 0 Å². The molecule has 7 heteroatoms. The Hall–Kier alpha value is -4.26. The zero-order chi connectivity index (χ0) is 22.3. The highest BCUT2D eigenvalue weighted by molar-refractivity contribution is 6.04. The third-order valence-electron chi connectivity index (χ3n) is 4.88. The number of aromatic nitrogens is 2. The summed E-state index contributed by atoms with van der Waals surface area (Å²) in [6.07, 6.45) is 5.36. The molecular weight excluding hydrogens is 407 g/mol. The van der Waals surface area contributed by atoms with E-state index in [-0.39, 0.29) is 11.8 Å². The van der Waals surface area contributed by atoms with Gasteiger partial charge in [0.05, 0.1) is 6.33 Å². The summed E-state index contributed by atoms with van der Waals surface area (Å²) in [7, 11) is 0. The Balaban J connectivity index is 1.33. The molecule has 32 heavy (non-hydrogen) atoms. The molecule has 0 aliphatic heterocycles. The number of imidazole rings is 1. The van der Waals surface area contributed by atoms with Crippen molar-refractivity contribution in [3.05, 3.63) is 120 Å². The van der Waals surface area contributed by atoms with Crippen LogP contribution in [0.25, 0.3) is 0 Å². The molecule has 1 aromatic heterocycles. The van der Waals surface area contributed by atoms with Gasteiger partial charge in [0.2, 0.25) is 0 Å². The number of carbonyl (C=O) groups excluding carboxylic acids is 2. The van der Waals surface area contributed by atoms with Crippen molar-refractivity contribution in [3.8, 4) is 0 Å². The van der Waals surface area contributed by atoms with E-state index in [1.807, 2.05) is 29.0 Å². The summed E-state index contributed by atoms with van der Waals surface area (Å²) in [6, 6.07) is 20.0. The lowest BCUT2D eigenvalue weighted by Gasteiger charge is -2.09. The minimum absolute atomic E-state index is 0.181. The lowest BCUT2D eigenvalue weighted by molar-refractivity contribution is 0.0950. The fraction of sp³-hybridized carbons (Fsp3) is 0.0800. The molecule has 2 N–H and O–H groups in total. The van der Waals surface area contributed by atoms with Gasteiger partial charge in [-0.3, -0.25) is 9.59 Å². The lowest BCUT2D eigenvalue weighted by Crippen LogP contribution is -2.22. The molecule has 0 unspecified atom stereocenters. The van der Waals surface area contributed by atoms with Crippen molar-refractivity contribution < 1.29 is 14.0 Å². The minimum Gasteiger partial charge on any atom is -0.348 e. The molecule has 0 saturated carbocycles. The molecule has 160 valence electrons. The number of amides is 2. The average Bonchev–Trinajstić information content (AvgIpc) is 3.32. The number of benzene rings is 3. The first-order chi connectivity index (χ1) is 15.6. The van der Waals surface area contributed by atoms with Crippen molar-refractivity contribution in [3.63, 3.8) is 0 Å². The Morgan fingerprint density at radius 1 is 0.875 bits per heavy atom. The van der Waals surface area contributed by atoms with Crippen LogP contribution in [0.1, 0.15) is 31.8 Å². The topological polar surface area (TPSA) is 76.0 Å². The Kier molecular flexibility index (Phi) is 6.36. The van der Waals surface area contributed by atoms with E-state index in [9.17, 15) is 14.0 Å². The Bertz CT molecular complexity index is 1200. The summed E-state index contributed by atoms with van der Waals surface area (Å²) in [5, 5.41) is 5.67. The molecule has 1 heterocycles. The predicted octanol–water partition coefficient (Wildman–Crippen LogP) is 4.25. The van der Waals surface area contributed by atoms with Crippen LogP contribution in [0.2, 0.25) is 0 Å². The summed E-state index contributed by atoms with van der Waals surface area (Å²) < 4.78 is 15.0. The highest BCUT2D eigenvalue weighted by Crippen LogP contribution is 2.13. The number of nitrogens with one attached hydrogen (secondary N) is 2. The molecule has 0 aliphatic rings. The Labute approximate surface area is 184 Å². The van der Waals surface area contributed by atoms with Gasteiger partial charge < -0.3 is 15.2 Å². The summed E-state index contributed by atoms with van der Waals surface area (Å²) in [4.78, 5) is 28.8. The van der Waals surface area contributed by atoms with Gasteiger partial charge in [0.15, 0.2) is 0 Å². The van der Waals surface area contributed by atoms with E-state index in [1.54, 1.807) is 42.9 Å². The maximum absolute atomic E-state index is 13.0. The third kappa shape index (κ3) is 5.46. The fourth-order valence-electron chi connectivity index (χ4n) is 3.20. The highest BCUT2D eigenvalue weighted by Gasteiger charge is 2.08. The van der Waals surface area contributed by atoms with E-state index in [0.717, 1.165) is 11.1 Å². The highest BCUT2D eigenvalue weighted by atomic mass is 19.1. The van der Waals surface area contributed by atoms with Crippen LogP contribution in [-0.2, 0) is 13.1 Å². The second kappa shape index (κ2) is 9.70. The largest absolute Gasteiger partial charge is 0.348 e. The zero-order valence-electron chi connectivity index (χ0n) is 17.2. The first kappa shape index (κ1) is 21.0. The summed E-state index contributed by atoms with van der Waals surface area (Å²) in [6.45, 7) is 1.01. The van der Waals surface area contributed by atoms with Crippen LogP contribution < -0.4 is 10.6 Å². The van der Waals surface area contributed by atoms with Gasteiger partial charge in [0, 0.05) is 42.3 Å². The number of rotatable bonds is 7. The first-order valence-electron chi connectivity index (χ1n) is 10.1. The third-order valence-corrected chi connectivity index (χ3v) is 4.88. The van der Waals surface area contributed by atoms with Crippen molar-refractivity contribution in [2.24, 2.45) is 0 Å². The molecule has 0 atom stereocenters. The Morgan fingerprint density at radius 2 is 1.59 bits per heavy atom. The number of nitrogens with zero attached hydrogens (tertiary/aromatic N) is 2. The number of hydrogen-bond acceptors (Lipinski definition) is 3. The van der Waals surface area contributed by atoms with E-state index < -0.39 is 5.82 Å². The van der Waals surface area contributed by atoms with Gasteiger partial charge in [-0.25, -0.2) is 9.37 Å². The molecule has 2 amide bonds. The zero-order valence-corrected chi connectivity index (χ0v) is 17.2. The molecular formula is C25H21FN4O2. The van der Waals surface area contributed by atoms with Crippen molar-refractivity contribution in [1.29, 1.82) is 0 Å². The van der Waals surface area contributed by atoms with Crippen LogP contribution in [-0.4, -0.2) is 21.4 Å². The fourth-order valence-corrected chi connectivity index (χ4v) is 3.20. The summed E-state index contributed by atoms with van der Waals surface area (Å²) >= 11 is 0. The number of anilines is 1. The number of halogens is 1. The smallest absolute Gasteiger partial charge is 0.255 e. The normalized spacial score (nSPS) is 10.5. The van der Waals surface area contributed by atoms with E-state index in [0.29, 0.717) is 29.9 Å². The molecule has 4 rings (SSSR count). The van der Waals surface area contributed by atoms with Crippen molar-refractivity contribution >= 4 is 17.5 Å². The second-order valence-corrected chi connectivity index (χ2v) is 7.28. The van der Waals surface area contributed by atoms with Gasteiger partial charge >= 0.3 is 0 Å². The number of hydrogen-bond donors (Lipinski definition) is 2. The standard InChI is InChI=1S/C25H21FN4O2/c26-22-10-8-21(9-11-22)25(32)29-23-3-1-2-19(14-23)15-28-24(31)20-6-4-18(5-7-20)16-30-13-12-27-17-30/h1-14,17H,15-16H2,(H,28,31)(H,29,32). The summed E-state index contributed by atoms with van der Waals surface area (Å²) in [5.74, 6) is -0.908.